The topological polar surface area (TPSA) is 35.5 Å². The van der Waals surface area contributed by atoms with E-state index in [2.05, 4.69) is 11.3 Å². The zero-order chi connectivity index (χ0) is 11.1. The Balaban J connectivity index is 2.65. The summed E-state index contributed by atoms with van der Waals surface area (Å²) in [7, 11) is 0. The van der Waals surface area contributed by atoms with E-state index in [0.717, 1.165) is 5.56 Å². The summed E-state index contributed by atoms with van der Waals surface area (Å²) in [6.07, 6.45) is 0.434. The number of hydrogen-bond donors (Lipinski definition) is 0. The van der Waals surface area contributed by atoms with Crippen molar-refractivity contribution in [2.24, 2.45) is 0 Å². The van der Waals surface area contributed by atoms with Crippen LogP contribution in [0.3, 0.4) is 0 Å². The Kier molecular flexibility index (Phi) is 4.41. The van der Waals surface area contributed by atoms with Gasteiger partial charge in [-0.25, -0.2) is 4.79 Å². The fraction of sp³-hybridized carbons (Fsp3) is 0.250. The van der Waals surface area contributed by atoms with Gasteiger partial charge in [0, 0.05) is 0 Å². The van der Waals surface area contributed by atoms with Crippen LogP contribution in [0.25, 0.3) is 0 Å². The number of ether oxygens (including phenoxy) is 2. The van der Waals surface area contributed by atoms with Crippen molar-refractivity contribution in [2.75, 3.05) is 6.61 Å². The third-order valence-corrected chi connectivity index (χ3v) is 1.83. The fourth-order valence-corrected chi connectivity index (χ4v) is 1.15. The monoisotopic (exact) mass is 206 g/mol. The van der Waals surface area contributed by atoms with Crippen molar-refractivity contribution in [2.45, 2.75) is 13.0 Å². The van der Waals surface area contributed by atoms with E-state index < -0.39 is 12.3 Å². The summed E-state index contributed by atoms with van der Waals surface area (Å²) in [5.74, 6) is 0. The zero-order valence-corrected chi connectivity index (χ0v) is 8.68. The van der Waals surface area contributed by atoms with Gasteiger partial charge < -0.3 is 9.47 Å². The van der Waals surface area contributed by atoms with Crippen molar-refractivity contribution in [3.05, 3.63) is 48.6 Å². The molecule has 3 nitrogen and oxygen atoms in total. The highest BCUT2D eigenvalue weighted by molar-refractivity contribution is 5.60. The van der Waals surface area contributed by atoms with Crippen molar-refractivity contribution < 1.29 is 14.3 Å². The van der Waals surface area contributed by atoms with Gasteiger partial charge in [-0.05, 0) is 18.6 Å². The van der Waals surface area contributed by atoms with Gasteiger partial charge in [-0.1, -0.05) is 36.9 Å². The first-order valence-corrected chi connectivity index (χ1v) is 4.78. The number of rotatable bonds is 4. The van der Waals surface area contributed by atoms with Crippen molar-refractivity contribution in [1.29, 1.82) is 0 Å². The first kappa shape index (κ1) is 11.3. The Morgan fingerprint density at radius 3 is 2.67 bits per heavy atom. The third kappa shape index (κ3) is 3.46. The highest BCUT2D eigenvalue weighted by atomic mass is 16.7. The molecule has 0 spiro atoms. The molecule has 0 radical (unpaired) electrons. The average molecular weight is 206 g/mol. The zero-order valence-electron chi connectivity index (χ0n) is 8.68. The largest absolute Gasteiger partial charge is 0.509 e. The van der Waals surface area contributed by atoms with Gasteiger partial charge in [0.25, 0.3) is 0 Å². The van der Waals surface area contributed by atoms with Crippen molar-refractivity contribution in [3.8, 4) is 0 Å². The van der Waals surface area contributed by atoms with Crippen LogP contribution in [0.1, 0.15) is 18.6 Å². The van der Waals surface area contributed by atoms with E-state index in [0.29, 0.717) is 6.61 Å². The Bertz CT molecular complexity index is 319. The van der Waals surface area contributed by atoms with E-state index >= 15 is 0 Å². The summed E-state index contributed by atoms with van der Waals surface area (Å²) in [6, 6.07) is 9.38. The minimum atomic E-state index is -0.675. The second-order valence-electron chi connectivity index (χ2n) is 2.87. The van der Waals surface area contributed by atoms with Crippen LogP contribution in [0.2, 0.25) is 0 Å². The molecule has 0 unspecified atom stereocenters. The summed E-state index contributed by atoms with van der Waals surface area (Å²) in [5.41, 5.74) is 0.876. The Morgan fingerprint density at radius 2 is 2.13 bits per heavy atom. The van der Waals surface area contributed by atoms with Crippen molar-refractivity contribution in [3.63, 3.8) is 0 Å². The van der Waals surface area contributed by atoms with Crippen LogP contribution in [-0.2, 0) is 9.47 Å². The SMILES string of the molecule is C=C[C@H](OC(=O)OCC)c1ccccc1. The van der Waals surface area contributed by atoms with E-state index in [1.54, 1.807) is 13.0 Å². The normalized spacial score (nSPS) is 11.5. The summed E-state index contributed by atoms with van der Waals surface area (Å²) in [5, 5.41) is 0. The van der Waals surface area contributed by atoms with Crippen LogP contribution in [0.5, 0.6) is 0 Å². The number of carbonyl (C=O) groups excluding carboxylic acids is 1. The first-order valence-electron chi connectivity index (χ1n) is 4.78. The van der Waals surface area contributed by atoms with Crippen LogP contribution in [0.15, 0.2) is 43.0 Å². The third-order valence-electron chi connectivity index (χ3n) is 1.83. The second-order valence-corrected chi connectivity index (χ2v) is 2.87. The molecular weight excluding hydrogens is 192 g/mol. The van der Waals surface area contributed by atoms with Crippen LogP contribution < -0.4 is 0 Å². The molecule has 0 saturated heterocycles. The lowest BCUT2D eigenvalue weighted by Gasteiger charge is -2.13. The molecule has 1 rings (SSSR count). The molecule has 80 valence electrons. The summed E-state index contributed by atoms with van der Waals surface area (Å²) >= 11 is 0. The molecule has 0 heterocycles. The van der Waals surface area contributed by atoms with Crippen molar-refractivity contribution in [1.82, 2.24) is 0 Å². The average Bonchev–Trinajstić information content (AvgIpc) is 2.27. The van der Waals surface area contributed by atoms with Crippen LogP contribution in [0.4, 0.5) is 4.79 Å². The van der Waals surface area contributed by atoms with Crippen molar-refractivity contribution >= 4 is 6.16 Å². The lowest BCUT2D eigenvalue weighted by Crippen LogP contribution is -2.11. The Labute approximate surface area is 89.3 Å². The molecule has 1 atom stereocenters. The maximum Gasteiger partial charge on any atom is 0.509 e. The minimum Gasteiger partial charge on any atom is -0.435 e. The molecule has 0 aliphatic heterocycles. The molecule has 1 aromatic rings. The molecule has 0 bridgehead atoms. The highest BCUT2D eigenvalue weighted by Gasteiger charge is 2.13. The Hall–Kier alpha value is -1.77. The molecule has 1 aromatic carbocycles. The standard InChI is InChI=1S/C12H14O3/c1-3-11(15-12(13)14-4-2)10-8-6-5-7-9-10/h3,5-9,11H,1,4H2,2H3/t11-/m0/s1. The van der Waals surface area contributed by atoms with E-state index in [1.807, 2.05) is 30.3 Å². The van der Waals surface area contributed by atoms with Gasteiger partial charge in [0.15, 0.2) is 0 Å². The molecule has 0 N–H and O–H groups in total. The van der Waals surface area contributed by atoms with Crippen LogP contribution in [0, 0.1) is 0 Å². The van der Waals surface area contributed by atoms with Gasteiger partial charge in [0.2, 0.25) is 0 Å². The lowest BCUT2D eigenvalue weighted by molar-refractivity contribution is 0.0402. The smallest absolute Gasteiger partial charge is 0.435 e. The summed E-state index contributed by atoms with van der Waals surface area (Å²) < 4.78 is 9.73. The number of carbonyl (C=O) groups is 1. The molecular formula is C12H14O3. The van der Waals surface area contributed by atoms with Gasteiger partial charge in [0.1, 0.15) is 6.10 Å². The van der Waals surface area contributed by atoms with Gasteiger partial charge in [-0.2, -0.15) is 0 Å². The molecule has 15 heavy (non-hydrogen) atoms. The first-order chi connectivity index (χ1) is 7.27. The van der Waals surface area contributed by atoms with Gasteiger partial charge in [-0.3, -0.25) is 0 Å². The molecule has 3 heteroatoms. The van der Waals surface area contributed by atoms with Crippen LogP contribution >= 0.6 is 0 Å². The van der Waals surface area contributed by atoms with Gasteiger partial charge in [-0.15, -0.1) is 0 Å². The summed E-state index contributed by atoms with van der Waals surface area (Å²) in [4.78, 5) is 11.1. The quantitative estimate of drug-likeness (QED) is 0.561. The maximum atomic E-state index is 11.1. The molecule has 0 aliphatic carbocycles. The molecule has 0 aromatic heterocycles. The maximum absolute atomic E-state index is 11.1. The highest BCUT2D eigenvalue weighted by Crippen LogP contribution is 2.18. The van der Waals surface area contributed by atoms with E-state index in [-0.39, 0.29) is 0 Å². The van der Waals surface area contributed by atoms with E-state index in [4.69, 9.17) is 4.74 Å². The van der Waals surface area contributed by atoms with Gasteiger partial charge >= 0.3 is 6.16 Å². The minimum absolute atomic E-state index is 0.303. The fourth-order valence-electron chi connectivity index (χ4n) is 1.15. The Morgan fingerprint density at radius 1 is 1.47 bits per heavy atom. The lowest BCUT2D eigenvalue weighted by atomic mass is 10.1. The number of benzene rings is 1. The predicted molar refractivity (Wildman–Crippen MR) is 57.5 cm³/mol. The summed E-state index contributed by atoms with van der Waals surface area (Å²) in [6.45, 7) is 5.65. The van der Waals surface area contributed by atoms with Crippen LogP contribution in [-0.4, -0.2) is 12.8 Å². The van der Waals surface area contributed by atoms with E-state index in [9.17, 15) is 4.79 Å². The molecule has 0 fully saturated rings. The molecule has 0 aliphatic rings. The second kappa shape index (κ2) is 5.86. The molecule has 0 amide bonds. The van der Waals surface area contributed by atoms with E-state index in [1.165, 1.54) is 0 Å². The number of hydrogen-bond acceptors (Lipinski definition) is 3. The van der Waals surface area contributed by atoms with Gasteiger partial charge in [0.05, 0.1) is 6.61 Å². The molecule has 0 saturated carbocycles. The predicted octanol–water partition coefficient (Wildman–Crippen LogP) is 3.09.